The number of amides is 1. The number of rotatable bonds is 5. The van der Waals surface area contributed by atoms with Gasteiger partial charge in [0.15, 0.2) is 5.82 Å². The highest BCUT2D eigenvalue weighted by Crippen LogP contribution is 2.38. The standard InChI is InChI=1S/C27H30ClN7O2/c1-16(19-13-23(37-3)31-14-21(19)28)26(36)35-11-9-27(15-35)8-7-18-12-20(17(2)32-25(18)34-27)24(29)33-22-6-4-5-10-30-22/h4-6,10,12-14,16H,7-9,11,15H2,1-3H3,(H,32,34)(H2,29,30,33)/t16-,27+/m1/s1. The summed E-state index contributed by atoms with van der Waals surface area (Å²) in [5.41, 5.74) is 9.52. The van der Waals surface area contributed by atoms with Crippen molar-refractivity contribution in [2.24, 2.45) is 10.7 Å². The second-order valence-corrected chi connectivity index (χ2v) is 10.1. The predicted molar refractivity (Wildman–Crippen MR) is 144 cm³/mol. The zero-order chi connectivity index (χ0) is 26.2. The number of aryl methyl sites for hydroxylation is 2. The Bertz CT molecular complexity index is 1360. The first kappa shape index (κ1) is 25.0. The van der Waals surface area contributed by atoms with Gasteiger partial charge in [-0.3, -0.25) is 4.79 Å². The molecule has 3 aromatic rings. The van der Waals surface area contributed by atoms with Crippen molar-refractivity contribution >= 4 is 35.0 Å². The van der Waals surface area contributed by atoms with Crippen molar-refractivity contribution in [3.63, 3.8) is 0 Å². The Balaban J connectivity index is 1.32. The van der Waals surface area contributed by atoms with Crippen LogP contribution in [0.5, 0.6) is 5.88 Å². The van der Waals surface area contributed by atoms with Crippen LogP contribution in [-0.2, 0) is 11.2 Å². The van der Waals surface area contributed by atoms with Gasteiger partial charge in [-0.2, -0.15) is 0 Å². The minimum atomic E-state index is -0.403. The van der Waals surface area contributed by atoms with Crippen LogP contribution < -0.4 is 15.8 Å². The highest BCUT2D eigenvalue weighted by molar-refractivity contribution is 6.31. The molecule has 10 heteroatoms. The molecule has 5 heterocycles. The largest absolute Gasteiger partial charge is 0.481 e. The lowest BCUT2D eigenvalue weighted by atomic mass is 9.86. The first-order chi connectivity index (χ1) is 17.8. The van der Waals surface area contributed by atoms with E-state index in [1.807, 2.05) is 36.9 Å². The second kappa shape index (κ2) is 9.97. The molecule has 0 unspecified atom stereocenters. The first-order valence-electron chi connectivity index (χ1n) is 12.3. The first-order valence-corrected chi connectivity index (χ1v) is 12.7. The number of nitrogens with two attached hydrogens (primary N) is 1. The molecule has 1 saturated heterocycles. The molecule has 0 radical (unpaired) electrons. The number of ether oxygens (including phenoxy) is 1. The van der Waals surface area contributed by atoms with Crippen LogP contribution >= 0.6 is 11.6 Å². The molecule has 1 fully saturated rings. The summed E-state index contributed by atoms with van der Waals surface area (Å²) in [6, 6.07) is 9.33. The minimum Gasteiger partial charge on any atom is -0.481 e. The lowest BCUT2D eigenvalue weighted by molar-refractivity contribution is -0.131. The number of methoxy groups -OCH3 is 1. The number of fused-ring (bicyclic) bond motifs is 1. The van der Waals surface area contributed by atoms with E-state index in [-0.39, 0.29) is 11.4 Å². The van der Waals surface area contributed by atoms with E-state index >= 15 is 0 Å². The number of halogens is 1. The average molecular weight is 520 g/mol. The summed E-state index contributed by atoms with van der Waals surface area (Å²) in [5, 5.41) is 4.13. The van der Waals surface area contributed by atoms with Crippen molar-refractivity contribution in [3.05, 3.63) is 70.1 Å². The number of pyridine rings is 3. The number of nitrogens with one attached hydrogen (secondary N) is 1. The number of carbonyl (C=O) groups is 1. The van der Waals surface area contributed by atoms with Gasteiger partial charge in [0.05, 0.1) is 29.3 Å². The third-order valence-electron chi connectivity index (χ3n) is 7.28. The lowest BCUT2D eigenvalue weighted by Gasteiger charge is -2.36. The highest BCUT2D eigenvalue weighted by Gasteiger charge is 2.43. The zero-order valence-corrected chi connectivity index (χ0v) is 21.9. The van der Waals surface area contributed by atoms with Crippen LogP contribution in [-0.4, -0.2) is 57.3 Å². The fourth-order valence-electron chi connectivity index (χ4n) is 5.15. The molecular weight excluding hydrogens is 490 g/mol. The third-order valence-corrected chi connectivity index (χ3v) is 7.60. The second-order valence-electron chi connectivity index (χ2n) is 9.70. The summed E-state index contributed by atoms with van der Waals surface area (Å²) in [4.78, 5) is 33.0. The maximum Gasteiger partial charge on any atom is 0.229 e. The van der Waals surface area contributed by atoms with Crippen LogP contribution in [0.25, 0.3) is 0 Å². The van der Waals surface area contributed by atoms with Gasteiger partial charge in [-0.25, -0.2) is 19.9 Å². The minimum absolute atomic E-state index is 0.0395. The summed E-state index contributed by atoms with van der Waals surface area (Å²) in [7, 11) is 1.55. The average Bonchev–Trinajstić information content (AvgIpc) is 3.31. The van der Waals surface area contributed by atoms with Gasteiger partial charge in [0.2, 0.25) is 11.8 Å². The van der Waals surface area contributed by atoms with Gasteiger partial charge in [0.25, 0.3) is 0 Å². The molecule has 5 rings (SSSR count). The predicted octanol–water partition coefficient (Wildman–Crippen LogP) is 4.01. The third kappa shape index (κ3) is 4.96. The quantitative estimate of drug-likeness (QED) is 0.386. The number of hydrogen-bond acceptors (Lipinski definition) is 7. The molecule has 2 aliphatic rings. The van der Waals surface area contributed by atoms with E-state index in [0.29, 0.717) is 35.6 Å². The van der Waals surface area contributed by atoms with Gasteiger partial charge in [0, 0.05) is 37.1 Å². The molecule has 2 aliphatic heterocycles. The van der Waals surface area contributed by atoms with Crippen molar-refractivity contribution in [1.82, 2.24) is 19.9 Å². The van der Waals surface area contributed by atoms with Gasteiger partial charge < -0.3 is 20.7 Å². The van der Waals surface area contributed by atoms with Crippen molar-refractivity contribution in [2.45, 2.75) is 44.6 Å². The van der Waals surface area contributed by atoms with Crippen molar-refractivity contribution < 1.29 is 9.53 Å². The number of nitrogens with zero attached hydrogens (tertiary/aromatic N) is 5. The summed E-state index contributed by atoms with van der Waals surface area (Å²) >= 11 is 6.36. The van der Waals surface area contributed by atoms with E-state index in [4.69, 9.17) is 27.1 Å². The van der Waals surface area contributed by atoms with Crippen LogP contribution in [0.15, 0.2) is 47.7 Å². The van der Waals surface area contributed by atoms with Crippen LogP contribution in [0.1, 0.15) is 48.1 Å². The monoisotopic (exact) mass is 519 g/mol. The molecule has 0 aromatic carbocycles. The number of aromatic nitrogens is 3. The molecule has 3 N–H and O–H groups in total. The van der Waals surface area contributed by atoms with Crippen molar-refractivity contribution in [3.8, 4) is 5.88 Å². The smallest absolute Gasteiger partial charge is 0.229 e. The maximum atomic E-state index is 13.4. The number of hydrogen-bond donors (Lipinski definition) is 2. The highest BCUT2D eigenvalue weighted by atomic mass is 35.5. The van der Waals surface area contributed by atoms with Gasteiger partial charge in [-0.05, 0) is 62.4 Å². The normalized spacial score (nSPS) is 19.9. The Morgan fingerprint density at radius 2 is 2.14 bits per heavy atom. The number of amidine groups is 1. The van der Waals surface area contributed by atoms with E-state index in [0.717, 1.165) is 47.5 Å². The molecular formula is C27H30ClN7O2. The summed E-state index contributed by atoms with van der Waals surface area (Å²) in [6.45, 7) is 5.09. The topological polar surface area (TPSA) is 119 Å². The Kier molecular flexibility index (Phi) is 6.72. The molecule has 1 spiro atoms. The van der Waals surface area contributed by atoms with E-state index in [9.17, 15) is 4.79 Å². The van der Waals surface area contributed by atoms with E-state index < -0.39 is 5.92 Å². The van der Waals surface area contributed by atoms with Gasteiger partial charge >= 0.3 is 0 Å². The molecule has 0 aliphatic carbocycles. The summed E-state index contributed by atoms with van der Waals surface area (Å²) < 4.78 is 5.22. The number of likely N-dealkylation sites (tertiary alicyclic amines) is 1. The molecule has 192 valence electrons. The van der Waals surface area contributed by atoms with Crippen LogP contribution in [0.4, 0.5) is 11.6 Å². The van der Waals surface area contributed by atoms with Crippen LogP contribution in [0.2, 0.25) is 5.02 Å². The molecule has 3 aromatic heterocycles. The molecule has 37 heavy (non-hydrogen) atoms. The van der Waals surface area contributed by atoms with Crippen LogP contribution in [0.3, 0.4) is 0 Å². The van der Waals surface area contributed by atoms with E-state index in [1.54, 1.807) is 19.4 Å². The van der Waals surface area contributed by atoms with Gasteiger partial charge in [-0.15, -0.1) is 0 Å². The summed E-state index contributed by atoms with van der Waals surface area (Å²) in [6.07, 6.45) is 5.80. The van der Waals surface area contributed by atoms with Crippen molar-refractivity contribution in [1.29, 1.82) is 0 Å². The maximum absolute atomic E-state index is 13.4. The molecule has 1 amide bonds. The Labute approximate surface area is 221 Å². The zero-order valence-electron chi connectivity index (χ0n) is 21.2. The van der Waals surface area contributed by atoms with Crippen LogP contribution in [0, 0.1) is 6.92 Å². The van der Waals surface area contributed by atoms with E-state index in [2.05, 4.69) is 26.3 Å². The number of aliphatic imine (C=N–C) groups is 1. The Morgan fingerprint density at radius 1 is 1.30 bits per heavy atom. The molecule has 0 saturated carbocycles. The SMILES string of the molecule is COc1cc([C@@H](C)C(=O)N2CC[C@@]3(CCc4cc(C(N)=Nc5ccccn5)c(C)nc4N3)C2)c(Cl)cn1. The summed E-state index contributed by atoms with van der Waals surface area (Å²) in [5.74, 6) is 1.88. The number of carbonyl (C=O) groups excluding carboxylic acids is 1. The Hall–Kier alpha value is -3.72. The lowest BCUT2D eigenvalue weighted by Crippen LogP contribution is -2.46. The molecule has 9 nitrogen and oxygen atoms in total. The fraction of sp³-hybridized carbons (Fsp3) is 0.370. The molecule has 0 bridgehead atoms. The number of anilines is 1. The van der Waals surface area contributed by atoms with E-state index in [1.165, 1.54) is 6.20 Å². The fourth-order valence-corrected chi connectivity index (χ4v) is 5.41. The van der Waals surface area contributed by atoms with Gasteiger partial charge in [-0.1, -0.05) is 17.7 Å². The van der Waals surface area contributed by atoms with Crippen molar-refractivity contribution in [2.75, 3.05) is 25.5 Å². The van der Waals surface area contributed by atoms with Gasteiger partial charge in [0.1, 0.15) is 11.7 Å². The Morgan fingerprint density at radius 3 is 2.89 bits per heavy atom. The molecule has 2 atom stereocenters.